The van der Waals surface area contributed by atoms with E-state index in [9.17, 15) is 17.6 Å². The van der Waals surface area contributed by atoms with E-state index >= 15 is 0 Å². The molecule has 2 atom stereocenters. The lowest BCUT2D eigenvalue weighted by molar-refractivity contribution is -0.126. The van der Waals surface area contributed by atoms with E-state index in [-0.39, 0.29) is 35.0 Å². The highest BCUT2D eigenvalue weighted by molar-refractivity contribution is 7.89. The van der Waals surface area contributed by atoms with Crippen LogP contribution in [0.3, 0.4) is 0 Å². The fraction of sp³-hybridized carbons (Fsp3) is 0.409. The van der Waals surface area contributed by atoms with Gasteiger partial charge in [-0.2, -0.15) is 4.31 Å². The van der Waals surface area contributed by atoms with Crippen molar-refractivity contribution in [1.29, 1.82) is 0 Å². The number of carbonyl (C=O) groups is 1. The van der Waals surface area contributed by atoms with E-state index in [1.807, 2.05) is 6.92 Å². The van der Waals surface area contributed by atoms with Crippen molar-refractivity contribution in [2.75, 3.05) is 27.3 Å². The SMILES string of the molecule is COc1ccc(OC)c(S(=O)(=O)N2CCC[C@H](C(=O)N[C@@H](C)c3ccc(F)cc3)C2)c1. The van der Waals surface area contributed by atoms with Crippen LogP contribution in [0.2, 0.25) is 0 Å². The standard InChI is InChI=1S/C22H27FN2O5S/c1-15(16-6-8-18(23)9-7-16)24-22(26)17-5-4-12-25(14-17)31(27,28)21-13-19(29-2)10-11-20(21)30-3/h6-11,13,15,17H,4-5,12,14H2,1-3H3,(H,24,26)/t15-,17-/m0/s1. The van der Waals surface area contributed by atoms with Gasteiger partial charge in [-0.05, 0) is 49.6 Å². The maximum atomic E-state index is 13.3. The zero-order valence-electron chi connectivity index (χ0n) is 17.8. The molecule has 0 radical (unpaired) electrons. The molecule has 0 aromatic heterocycles. The van der Waals surface area contributed by atoms with Crippen molar-refractivity contribution in [2.45, 2.75) is 30.7 Å². The maximum absolute atomic E-state index is 13.3. The average Bonchev–Trinajstić information content (AvgIpc) is 2.79. The largest absolute Gasteiger partial charge is 0.497 e. The van der Waals surface area contributed by atoms with Gasteiger partial charge < -0.3 is 14.8 Å². The van der Waals surface area contributed by atoms with Crippen molar-refractivity contribution in [3.05, 3.63) is 53.8 Å². The summed E-state index contributed by atoms with van der Waals surface area (Å²) in [7, 11) is -1.02. The number of hydrogen-bond donors (Lipinski definition) is 1. The fourth-order valence-corrected chi connectivity index (χ4v) is 5.36. The number of methoxy groups -OCH3 is 2. The van der Waals surface area contributed by atoms with Crippen LogP contribution >= 0.6 is 0 Å². The number of piperidine rings is 1. The number of nitrogens with zero attached hydrogens (tertiary/aromatic N) is 1. The molecule has 1 aliphatic heterocycles. The molecule has 1 saturated heterocycles. The van der Waals surface area contributed by atoms with Crippen molar-refractivity contribution in [3.63, 3.8) is 0 Å². The third kappa shape index (κ3) is 5.16. The summed E-state index contributed by atoms with van der Waals surface area (Å²) in [4.78, 5) is 12.8. The molecular formula is C22H27FN2O5S. The zero-order chi connectivity index (χ0) is 22.6. The van der Waals surface area contributed by atoms with E-state index in [0.29, 0.717) is 25.1 Å². The van der Waals surface area contributed by atoms with Crippen LogP contribution in [-0.4, -0.2) is 45.9 Å². The van der Waals surface area contributed by atoms with Gasteiger partial charge in [-0.25, -0.2) is 12.8 Å². The Morgan fingerprint density at radius 2 is 1.87 bits per heavy atom. The third-order valence-electron chi connectivity index (χ3n) is 5.47. The van der Waals surface area contributed by atoms with Crippen LogP contribution in [0.4, 0.5) is 4.39 Å². The van der Waals surface area contributed by atoms with Crippen LogP contribution in [0.5, 0.6) is 11.5 Å². The summed E-state index contributed by atoms with van der Waals surface area (Å²) in [6.45, 7) is 2.20. The molecule has 0 spiro atoms. The topological polar surface area (TPSA) is 84.9 Å². The van der Waals surface area contributed by atoms with Crippen molar-refractivity contribution < 1.29 is 27.1 Å². The average molecular weight is 451 g/mol. The number of benzene rings is 2. The summed E-state index contributed by atoms with van der Waals surface area (Å²) in [5.41, 5.74) is 0.774. The number of carbonyl (C=O) groups excluding carboxylic acids is 1. The Kier molecular flexibility index (Phi) is 7.17. The summed E-state index contributed by atoms with van der Waals surface area (Å²) in [5.74, 6) is -0.433. The number of amides is 1. The zero-order valence-corrected chi connectivity index (χ0v) is 18.6. The maximum Gasteiger partial charge on any atom is 0.246 e. The quantitative estimate of drug-likeness (QED) is 0.701. The van der Waals surface area contributed by atoms with Crippen LogP contribution in [0.25, 0.3) is 0 Å². The molecule has 7 nitrogen and oxygen atoms in total. The minimum atomic E-state index is -3.88. The van der Waals surface area contributed by atoms with E-state index in [4.69, 9.17) is 9.47 Å². The lowest BCUT2D eigenvalue weighted by Gasteiger charge is -2.32. The van der Waals surface area contributed by atoms with Gasteiger partial charge in [0.05, 0.1) is 26.2 Å². The second-order valence-electron chi connectivity index (χ2n) is 7.50. The van der Waals surface area contributed by atoms with E-state index in [0.717, 1.165) is 5.56 Å². The number of nitrogens with one attached hydrogen (secondary N) is 1. The van der Waals surface area contributed by atoms with Crippen molar-refractivity contribution in [1.82, 2.24) is 9.62 Å². The molecule has 0 saturated carbocycles. The van der Waals surface area contributed by atoms with E-state index in [1.165, 1.54) is 36.7 Å². The minimum Gasteiger partial charge on any atom is -0.497 e. The highest BCUT2D eigenvalue weighted by Crippen LogP contribution is 2.32. The molecule has 9 heteroatoms. The minimum absolute atomic E-state index is 0.00934. The molecule has 3 rings (SSSR count). The van der Waals surface area contributed by atoms with Gasteiger partial charge in [-0.15, -0.1) is 0 Å². The molecule has 0 bridgehead atoms. The number of ether oxygens (including phenoxy) is 2. The van der Waals surface area contributed by atoms with E-state index < -0.39 is 15.9 Å². The Bertz CT molecular complexity index is 1030. The Morgan fingerprint density at radius 1 is 1.16 bits per heavy atom. The van der Waals surface area contributed by atoms with Crippen LogP contribution in [0.15, 0.2) is 47.4 Å². The molecule has 1 N–H and O–H groups in total. The normalized spacial score (nSPS) is 18.3. The van der Waals surface area contributed by atoms with Gasteiger partial charge in [0.15, 0.2) is 0 Å². The van der Waals surface area contributed by atoms with Gasteiger partial charge in [-0.3, -0.25) is 4.79 Å². The van der Waals surface area contributed by atoms with Gasteiger partial charge in [-0.1, -0.05) is 12.1 Å². The van der Waals surface area contributed by atoms with Gasteiger partial charge >= 0.3 is 0 Å². The third-order valence-corrected chi connectivity index (χ3v) is 7.36. The van der Waals surface area contributed by atoms with E-state index in [1.54, 1.807) is 24.3 Å². The fourth-order valence-electron chi connectivity index (χ4n) is 3.67. The number of rotatable bonds is 7. The molecule has 0 aliphatic carbocycles. The summed E-state index contributed by atoms with van der Waals surface area (Å²) in [5, 5.41) is 2.91. The second-order valence-corrected chi connectivity index (χ2v) is 9.41. The Morgan fingerprint density at radius 3 is 2.52 bits per heavy atom. The summed E-state index contributed by atoms with van der Waals surface area (Å²) in [6, 6.07) is 10.2. The molecule has 2 aromatic carbocycles. The predicted octanol–water partition coefficient (Wildman–Crippen LogP) is 3.12. The van der Waals surface area contributed by atoms with Crippen molar-refractivity contribution in [3.8, 4) is 11.5 Å². The Hall–Kier alpha value is -2.65. The Labute approximate surface area is 182 Å². The summed E-state index contributed by atoms with van der Waals surface area (Å²) < 4.78 is 51.5. The van der Waals surface area contributed by atoms with Gasteiger partial charge in [0.2, 0.25) is 15.9 Å². The van der Waals surface area contributed by atoms with Gasteiger partial charge in [0.25, 0.3) is 0 Å². The predicted molar refractivity (Wildman–Crippen MR) is 114 cm³/mol. The molecule has 1 heterocycles. The monoisotopic (exact) mass is 450 g/mol. The van der Waals surface area contributed by atoms with Gasteiger partial charge in [0, 0.05) is 19.2 Å². The Balaban J connectivity index is 1.75. The van der Waals surface area contributed by atoms with Crippen LogP contribution in [0.1, 0.15) is 31.4 Å². The first-order valence-corrected chi connectivity index (χ1v) is 11.5. The van der Waals surface area contributed by atoms with Crippen molar-refractivity contribution in [2.24, 2.45) is 5.92 Å². The van der Waals surface area contributed by atoms with Gasteiger partial charge in [0.1, 0.15) is 22.2 Å². The lowest BCUT2D eigenvalue weighted by Crippen LogP contribution is -2.45. The molecule has 1 fully saturated rings. The molecule has 168 valence electrons. The first-order chi connectivity index (χ1) is 14.8. The molecule has 1 aliphatic rings. The van der Waals surface area contributed by atoms with Crippen LogP contribution in [-0.2, 0) is 14.8 Å². The highest BCUT2D eigenvalue weighted by Gasteiger charge is 2.35. The number of sulfonamides is 1. The van der Waals surface area contributed by atoms with E-state index in [2.05, 4.69) is 5.32 Å². The molecule has 31 heavy (non-hydrogen) atoms. The smallest absolute Gasteiger partial charge is 0.246 e. The number of hydrogen-bond acceptors (Lipinski definition) is 5. The first-order valence-electron chi connectivity index (χ1n) is 10.0. The molecular weight excluding hydrogens is 423 g/mol. The highest BCUT2D eigenvalue weighted by atomic mass is 32.2. The molecule has 2 aromatic rings. The second kappa shape index (κ2) is 9.65. The van der Waals surface area contributed by atoms with Crippen LogP contribution < -0.4 is 14.8 Å². The van der Waals surface area contributed by atoms with Crippen LogP contribution in [0, 0.1) is 11.7 Å². The number of halogens is 1. The van der Waals surface area contributed by atoms with Crippen molar-refractivity contribution >= 4 is 15.9 Å². The lowest BCUT2D eigenvalue weighted by atomic mass is 9.98. The summed E-state index contributed by atoms with van der Waals surface area (Å²) in [6.07, 6.45) is 1.15. The molecule has 1 amide bonds. The molecule has 0 unspecified atom stereocenters. The summed E-state index contributed by atoms with van der Waals surface area (Å²) >= 11 is 0. The first kappa shape index (κ1) is 23.0.